The molecule has 1 aromatic heterocycles. The third-order valence-corrected chi connectivity index (χ3v) is 3.22. The van der Waals surface area contributed by atoms with E-state index in [0.29, 0.717) is 18.8 Å². The summed E-state index contributed by atoms with van der Waals surface area (Å²) < 4.78 is 0. The summed E-state index contributed by atoms with van der Waals surface area (Å²) in [5, 5.41) is 9.01. The van der Waals surface area contributed by atoms with Gasteiger partial charge in [0.25, 0.3) is 0 Å². The van der Waals surface area contributed by atoms with Crippen LogP contribution in [-0.4, -0.2) is 34.6 Å². The molecule has 6 nitrogen and oxygen atoms in total. The minimum absolute atomic E-state index is 0.237. The number of carbonyl (C=O) groups is 2. The molecule has 96 valence electrons. The van der Waals surface area contributed by atoms with Crippen LogP contribution >= 0.6 is 0 Å². The molecule has 3 N–H and O–H groups in total. The lowest BCUT2D eigenvalue weighted by atomic mass is 9.90. The number of primary amides is 1. The Balaban J connectivity index is 2.21. The van der Waals surface area contributed by atoms with Gasteiger partial charge in [-0.25, -0.2) is 4.98 Å². The number of nitrogens with zero attached hydrogens (tertiary/aromatic N) is 2. The monoisotopic (exact) mass is 249 g/mol. The Kier molecular flexibility index (Phi) is 3.45. The van der Waals surface area contributed by atoms with Crippen molar-refractivity contribution in [3.63, 3.8) is 0 Å². The number of rotatable bonds is 3. The number of carbonyl (C=O) groups excluding carboxylic acids is 1. The van der Waals surface area contributed by atoms with Crippen molar-refractivity contribution in [2.24, 2.45) is 11.7 Å². The summed E-state index contributed by atoms with van der Waals surface area (Å²) in [7, 11) is 0. The highest BCUT2D eigenvalue weighted by atomic mass is 16.4. The van der Waals surface area contributed by atoms with Crippen LogP contribution in [0.4, 0.5) is 5.82 Å². The SMILES string of the molecule is NC(=O)C1CC(C(=O)O)CCN1c1ccccn1. The van der Waals surface area contributed by atoms with Gasteiger partial charge in [0.05, 0.1) is 5.92 Å². The molecule has 2 atom stereocenters. The highest BCUT2D eigenvalue weighted by molar-refractivity contribution is 5.84. The number of carboxylic acid groups (broad SMARTS) is 1. The smallest absolute Gasteiger partial charge is 0.306 e. The first kappa shape index (κ1) is 12.3. The Morgan fingerprint density at radius 1 is 1.44 bits per heavy atom. The van der Waals surface area contributed by atoms with E-state index in [1.54, 1.807) is 23.2 Å². The second kappa shape index (κ2) is 5.03. The third-order valence-electron chi connectivity index (χ3n) is 3.22. The Morgan fingerprint density at radius 3 is 2.78 bits per heavy atom. The highest BCUT2D eigenvalue weighted by Gasteiger charge is 2.35. The van der Waals surface area contributed by atoms with Crippen LogP contribution in [-0.2, 0) is 9.59 Å². The number of amides is 1. The normalized spacial score (nSPS) is 23.7. The van der Waals surface area contributed by atoms with Crippen molar-refractivity contribution in [2.75, 3.05) is 11.4 Å². The van der Waals surface area contributed by atoms with E-state index in [1.807, 2.05) is 6.07 Å². The maximum atomic E-state index is 11.5. The van der Waals surface area contributed by atoms with E-state index in [4.69, 9.17) is 10.8 Å². The number of pyridine rings is 1. The van der Waals surface area contributed by atoms with Gasteiger partial charge in [-0.1, -0.05) is 6.07 Å². The molecule has 1 aliphatic heterocycles. The van der Waals surface area contributed by atoms with Gasteiger partial charge in [-0.3, -0.25) is 9.59 Å². The molecule has 1 amide bonds. The number of aromatic nitrogens is 1. The molecule has 0 spiro atoms. The second-order valence-corrected chi connectivity index (χ2v) is 4.36. The molecular formula is C12H15N3O3. The largest absolute Gasteiger partial charge is 0.481 e. The zero-order chi connectivity index (χ0) is 13.1. The molecule has 2 rings (SSSR count). The zero-order valence-corrected chi connectivity index (χ0v) is 9.82. The van der Waals surface area contributed by atoms with E-state index in [9.17, 15) is 9.59 Å². The van der Waals surface area contributed by atoms with Crippen molar-refractivity contribution in [3.8, 4) is 0 Å². The fourth-order valence-corrected chi connectivity index (χ4v) is 2.26. The molecular weight excluding hydrogens is 234 g/mol. The fraction of sp³-hybridized carbons (Fsp3) is 0.417. The lowest BCUT2D eigenvalue weighted by Gasteiger charge is -2.37. The van der Waals surface area contributed by atoms with E-state index in [-0.39, 0.29) is 6.42 Å². The van der Waals surface area contributed by atoms with E-state index < -0.39 is 23.8 Å². The fourth-order valence-electron chi connectivity index (χ4n) is 2.26. The lowest BCUT2D eigenvalue weighted by Crippen LogP contribution is -2.51. The molecule has 0 bridgehead atoms. The first-order valence-corrected chi connectivity index (χ1v) is 5.79. The average Bonchev–Trinajstić information content (AvgIpc) is 2.39. The van der Waals surface area contributed by atoms with Crippen LogP contribution in [0.15, 0.2) is 24.4 Å². The molecule has 1 aromatic rings. The Morgan fingerprint density at radius 2 is 2.22 bits per heavy atom. The molecule has 18 heavy (non-hydrogen) atoms. The number of piperidine rings is 1. The van der Waals surface area contributed by atoms with Gasteiger partial charge >= 0.3 is 5.97 Å². The summed E-state index contributed by atoms with van der Waals surface area (Å²) in [6.45, 7) is 0.474. The molecule has 2 heterocycles. The molecule has 2 unspecified atom stereocenters. The van der Waals surface area contributed by atoms with Gasteiger partial charge in [-0.05, 0) is 25.0 Å². The van der Waals surface area contributed by atoms with E-state index in [2.05, 4.69) is 4.98 Å². The number of anilines is 1. The number of hydrogen-bond acceptors (Lipinski definition) is 4. The van der Waals surface area contributed by atoms with Crippen LogP contribution in [0, 0.1) is 5.92 Å². The van der Waals surface area contributed by atoms with Gasteiger partial charge in [0.15, 0.2) is 0 Å². The van der Waals surface area contributed by atoms with Crippen molar-refractivity contribution in [3.05, 3.63) is 24.4 Å². The summed E-state index contributed by atoms with van der Waals surface area (Å²) in [6, 6.07) is 4.79. The molecule has 1 saturated heterocycles. The van der Waals surface area contributed by atoms with E-state index in [0.717, 1.165) is 0 Å². The standard InChI is InChI=1S/C12H15N3O3/c13-11(16)9-7-8(12(17)18)4-6-15(9)10-3-1-2-5-14-10/h1-3,5,8-9H,4,6-7H2,(H2,13,16)(H,17,18). The predicted molar refractivity (Wildman–Crippen MR) is 64.9 cm³/mol. The van der Waals surface area contributed by atoms with Crippen molar-refractivity contribution in [1.82, 2.24) is 4.98 Å². The molecule has 0 aromatic carbocycles. The molecule has 1 aliphatic rings. The van der Waals surface area contributed by atoms with Crippen LogP contribution < -0.4 is 10.6 Å². The Hall–Kier alpha value is -2.11. The minimum atomic E-state index is -0.873. The van der Waals surface area contributed by atoms with Gasteiger partial charge < -0.3 is 15.7 Å². The number of nitrogens with two attached hydrogens (primary N) is 1. The number of carboxylic acids is 1. The summed E-state index contributed by atoms with van der Waals surface area (Å²) in [6.07, 6.45) is 2.37. The van der Waals surface area contributed by atoms with E-state index >= 15 is 0 Å². The first-order chi connectivity index (χ1) is 8.59. The number of aliphatic carboxylic acids is 1. The van der Waals surface area contributed by atoms with Crippen LogP contribution in [0.1, 0.15) is 12.8 Å². The summed E-state index contributed by atoms with van der Waals surface area (Å²) >= 11 is 0. The zero-order valence-electron chi connectivity index (χ0n) is 9.82. The van der Waals surface area contributed by atoms with Crippen LogP contribution in [0.25, 0.3) is 0 Å². The first-order valence-electron chi connectivity index (χ1n) is 5.79. The highest BCUT2D eigenvalue weighted by Crippen LogP contribution is 2.26. The van der Waals surface area contributed by atoms with Gasteiger partial charge in [0, 0.05) is 12.7 Å². The third kappa shape index (κ3) is 2.42. The maximum Gasteiger partial charge on any atom is 0.306 e. The number of hydrogen-bond donors (Lipinski definition) is 2. The van der Waals surface area contributed by atoms with Gasteiger partial charge in [-0.15, -0.1) is 0 Å². The summed E-state index contributed by atoms with van der Waals surface area (Å²) in [5.74, 6) is -1.24. The van der Waals surface area contributed by atoms with Crippen molar-refractivity contribution < 1.29 is 14.7 Å². The molecule has 6 heteroatoms. The van der Waals surface area contributed by atoms with Crippen LogP contribution in [0.5, 0.6) is 0 Å². The topological polar surface area (TPSA) is 96.5 Å². The van der Waals surface area contributed by atoms with E-state index in [1.165, 1.54) is 0 Å². The van der Waals surface area contributed by atoms with Crippen molar-refractivity contribution in [2.45, 2.75) is 18.9 Å². The van der Waals surface area contributed by atoms with Gasteiger partial charge in [-0.2, -0.15) is 0 Å². The molecule has 0 aliphatic carbocycles. The van der Waals surface area contributed by atoms with Crippen LogP contribution in [0.3, 0.4) is 0 Å². The molecule has 0 radical (unpaired) electrons. The Bertz CT molecular complexity index is 449. The lowest BCUT2D eigenvalue weighted by molar-refractivity contribution is -0.142. The summed E-state index contributed by atoms with van der Waals surface area (Å²) in [5.41, 5.74) is 5.36. The average molecular weight is 249 g/mol. The van der Waals surface area contributed by atoms with Crippen LogP contribution in [0.2, 0.25) is 0 Å². The maximum absolute atomic E-state index is 11.5. The molecule has 1 fully saturated rings. The second-order valence-electron chi connectivity index (χ2n) is 4.36. The van der Waals surface area contributed by atoms with Crippen molar-refractivity contribution in [1.29, 1.82) is 0 Å². The Labute approximate surface area is 104 Å². The minimum Gasteiger partial charge on any atom is -0.481 e. The van der Waals surface area contributed by atoms with Gasteiger partial charge in [0.2, 0.25) is 5.91 Å². The molecule has 0 saturated carbocycles. The van der Waals surface area contributed by atoms with Gasteiger partial charge in [0.1, 0.15) is 11.9 Å². The summed E-state index contributed by atoms with van der Waals surface area (Å²) in [4.78, 5) is 28.4. The predicted octanol–water partition coefficient (Wildman–Crippen LogP) is 0.236. The quantitative estimate of drug-likeness (QED) is 0.799. The van der Waals surface area contributed by atoms with Crippen molar-refractivity contribution >= 4 is 17.7 Å².